The third-order valence-corrected chi connectivity index (χ3v) is 11.9. The lowest BCUT2D eigenvalue weighted by atomic mass is 9.55. The van der Waals surface area contributed by atoms with Crippen molar-refractivity contribution in [2.45, 2.75) is 102 Å². The summed E-state index contributed by atoms with van der Waals surface area (Å²) in [5.41, 5.74) is 3.39. The van der Waals surface area contributed by atoms with Crippen LogP contribution in [0.4, 0.5) is 9.59 Å². The van der Waals surface area contributed by atoms with Crippen molar-refractivity contribution in [2.75, 3.05) is 53.2 Å². The van der Waals surface area contributed by atoms with Crippen LogP contribution in [-0.2, 0) is 30.4 Å². The summed E-state index contributed by atoms with van der Waals surface area (Å²) in [7, 11) is 1.69. The summed E-state index contributed by atoms with van der Waals surface area (Å²) >= 11 is 0. The average Bonchev–Trinajstić information content (AvgIpc) is 3.26. The van der Waals surface area contributed by atoms with Crippen LogP contribution in [0.25, 0.3) is 0 Å². The van der Waals surface area contributed by atoms with E-state index in [4.69, 9.17) is 38.4 Å². The van der Waals surface area contributed by atoms with Crippen LogP contribution >= 0.6 is 0 Å². The number of nitrogens with one attached hydrogen (secondary N) is 1. The molecule has 7 atom stereocenters. The molecule has 0 bridgehead atoms. The molecule has 0 radical (unpaired) electrons. The summed E-state index contributed by atoms with van der Waals surface area (Å²) < 4.78 is 37.4. The highest BCUT2D eigenvalue weighted by molar-refractivity contribution is 6.03. The van der Waals surface area contributed by atoms with Gasteiger partial charge in [-0.1, -0.05) is 60.5 Å². The number of likely N-dealkylation sites (N-methyl/N-ethyl adjacent to an activating group) is 1. The van der Waals surface area contributed by atoms with Gasteiger partial charge in [0.15, 0.2) is 0 Å². The minimum absolute atomic E-state index is 0.000292. The molecular weight excluding hydrogens is 771 g/mol. The molecular formula is C46H63N3O11. The first-order valence-corrected chi connectivity index (χ1v) is 21.7. The highest BCUT2D eigenvalue weighted by Crippen LogP contribution is 2.61. The van der Waals surface area contributed by atoms with Gasteiger partial charge in [-0.15, -0.1) is 6.58 Å². The Hall–Kier alpha value is -4.47. The number of unbranched alkanes of at least 4 members (excludes halogenated alkanes) is 2. The van der Waals surface area contributed by atoms with Crippen molar-refractivity contribution in [3.63, 3.8) is 0 Å². The number of aliphatic hydroxyl groups is 2. The van der Waals surface area contributed by atoms with E-state index >= 15 is 0 Å². The molecule has 1 unspecified atom stereocenters. The molecule has 2 heterocycles. The molecule has 2 aliphatic carbocycles. The van der Waals surface area contributed by atoms with Gasteiger partial charge in [0.2, 0.25) is 12.1 Å². The second-order valence-corrected chi connectivity index (χ2v) is 15.9. The summed E-state index contributed by atoms with van der Waals surface area (Å²) in [5, 5.41) is 27.3. The van der Waals surface area contributed by atoms with Crippen molar-refractivity contribution < 1.29 is 53.1 Å². The number of ether oxygens (including phenoxy) is 6. The Morgan fingerprint density at radius 2 is 1.85 bits per heavy atom. The zero-order valence-corrected chi connectivity index (χ0v) is 35.1. The summed E-state index contributed by atoms with van der Waals surface area (Å²) in [6, 6.07) is 14.4. The van der Waals surface area contributed by atoms with Crippen molar-refractivity contribution >= 4 is 17.9 Å². The van der Waals surface area contributed by atoms with Crippen LogP contribution in [0.3, 0.4) is 0 Å². The van der Waals surface area contributed by atoms with Crippen LogP contribution in [0.15, 0.2) is 78.0 Å². The first-order valence-electron chi connectivity index (χ1n) is 21.7. The number of nitrogens with zero attached hydrogens (tertiary/aromatic N) is 2. The zero-order valence-electron chi connectivity index (χ0n) is 35.1. The normalized spacial score (nSPS) is 26.1. The molecule has 4 aliphatic rings. The van der Waals surface area contributed by atoms with Gasteiger partial charge in [0, 0.05) is 51.1 Å². The molecule has 2 aromatic carbocycles. The number of amides is 2. The van der Waals surface area contributed by atoms with Crippen molar-refractivity contribution in [2.24, 2.45) is 22.9 Å². The van der Waals surface area contributed by atoms with Gasteiger partial charge in [-0.25, -0.2) is 9.59 Å². The number of fused-ring (bicyclic) bond motifs is 2. The number of carbonyl (C=O) groups excluding carboxylic acids is 2. The lowest BCUT2D eigenvalue weighted by Crippen LogP contribution is -2.69. The summed E-state index contributed by atoms with van der Waals surface area (Å²) in [6.07, 6.45) is 9.53. The van der Waals surface area contributed by atoms with Gasteiger partial charge in [-0.3, -0.25) is 0 Å². The number of aliphatic hydroxyl groups excluding tert-OH is 2. The first-order chi connectivity index (χ1) is 29.3. The molecule has 0 spiro atoms. The number of hydrogen-bond donors (Lipinski definition) is 3. The number of oxime groups is 1. The smallest absolute Gasteiger partial charge is 0.412 e. The average molecular weight is 834 g/mol. The fourth-order valence-electron chi connectivity index (χ4n) is 9.18. The maximum atomic E-state index is 14.1. The first kappa shape index (κ1) is 45.1. The van der Waals surface area contributed by atoms with Crippen molar-refractivity contribution in [3.05, 3.63) is 84.0 Å². The molecule has 2 amide bonds. The maximum absolute atomic E-state index is 14.1. The highest BCUT2D eigenvalue weighted by atomic mass is 16.8. The molecule has 2 fully saturated rings. The van der Waals surface area contributed by atoms with Crippen LogP contribution in [0.5, 0.6) is 11.5 Å². The van der Waals surface area contributed by atoms with E-state index in [0.29, 0.717) is 56.2 Å². The van der Waals surface area contributed by atoms with Crippen LogP contribution in [-0.4, -0.2) is 104 Å². The number of hydrogen-bond acceptors (Lipinski definition) is 12. The minimum Gasteiger partial charge on any atom is -0.459 e. The number of carbonyl (C=O) groups is 2. The van der Waals surface area contributed by atoms with Gasteiger partial charge >= 0.3 is 12.2 Å². The van der Waals surface area contributed by atoms with E-state index in [9.17, 15) is 19.8 Å². The molecule has 2 aliphatic heterocycles. The van der Waals surface area contributed by atoms with E-state index in [1.807, 2.05) is 43.3 Å². The van der Waals surface area contributed by atoms with E-state index in [2.05, 4.69) is 18.0 Å². The molecule has 60 heavy (non-hydrogen) atoms. The predicted octanol–water partition coefficient (Wildman–Crippen LogP) is 7.24. The fourth-order valence-corrected chi connectivity index (χ4v) is 9.18. The van der Waals surface area contributed by atoms with Gasteiger partial charge in [-0.2, -0.15) is 0 Å². The topological polar surface area (TPSA) is 167 Å². The van der Waals surface area contributed by atoms with Crippen LogP contribution < -0.4 is 14.8 Å². The molecule has 3 N–H and O–H groups in total. The van der Waals surface area contributed by atoms with Crippen LogP contribution in [0.1, 0.15) is 88.2 Å². The van der Waals surface area contributed by atoms with E-state index in [1.54, 1.807) is 25.3 Å². The Bertz CT molecular complexity index is 1770. The lowest BCUT2D eigenvalue weighted by molar-refractivity contribution is -0.254. The Morgan fingerprint density at radius 3 is 2.58 bits per heavy atom. The molecule has 14 heteroatoms. The largest absolute Gasteiger partial charge is 0.459 e. The van der Waals surface area contributed by atoms with Crippen molar-refractivity contribution in [1.82, 2.24) is 10.2 Å². The van der Waals surface area contributed by atoms with Gasteiger partial charge in [-0.05, 0) is 86.6 Å². The fraction of sp³-hybridized carbons (Fsp3) is 0.587. The third kappa shape index (κ3) is 10.9. The second-order valence-electron chi connectivity index (χ2n) is 15.9. The Morgan fingerprint density at radius 1 is 1.05 bits per heavy atom. The summed E-state index contributed by atoms with van der Waals surface area (Å²) in [6.45, 7) is 7.69. The number of benzene rings is 2. The molecule has 2 aromatic rings. The SMILES string of the molecule is C=CCO[C@@]12Oc3ccc(OC(=O)NCC)cc3[C@H]3[C@H](CCCCO)[C@@H](CCCCO)C=C(C(=NOC4CCCCO4)C[C@@H]1N(C)C(=O)OCCOCc1ccccc1)[C@H]32. The predicted molar refractivity (Wildman–Crippen MR) is 225 cm³/mol. The molecule has 14 nitrogen and oxygen atoms in total. The zero-order chi connectivity index (χ0) is 42.3. The van der Waals surface area contributed by atoms with E-state index in [1.165, 1.54) is 4.90 Å². The quantitative estimate of drug-likeness (QED) is 0.0659. The Labute approximate surface area is 353 Å². The molecule has 1 saturated carbocycles. The number of rotatable bonds is 21. The van der Waals surface area contributed by atoms with Gasteiger partial charge in [0.05, 0.1) is 38.1 Å². The molecule has 1 saturated heterocycles. The summed E-state index contributed by atoms with van der Waals surface area (Å²) in [4.78, 5) is 34.5. The van der Waals surface area contributed by atoms with E-state index in [0.717, 1.165) is 55.2 Å². The lowest BCUT2D eigenvalue weighted by Gasteiger charge is -2.59. The van der Waals surface area contributed by atoms with Crippen molar-refractivity contribution in [1.29, 1.82) is 0 Å². The molecule has 0 aromatic heterocycles. The monoisotopic (exact) mass is 833 g/mol. The number of allylic oxidation sites excluding steroid dienone is 1. The van der Waals surface area contributed by atoms with Gasteiger partial charge in [0.1, 0.15) is 24.1 Å². The van der Waals surface area contributed by atoms with E-state index < -0.39 is 36.2 Å². The van der Waals surface area contributed by atoms with E-state index in [-0.39, 0.29) is 57.2 Å². The third-order valence-electron chi connectivity index (χ3n) is 11.9. The molecule has 328 valence electrons. The maximum Gasteiger partial charge on any atom is 0.412 e. The highest BCUT2D eigenvalue weighted by Gasteiger charge is 2.65. The van der Waals surface area contributed by atoms with Crippen LogP contribution in [0.2, 0.25) is 0 Å². The Balaban J connectivity index is 1.44. The van der Waals surface area contributed by atoms with Crippen molar-refractivity contribution in [3.8, 4) is 11.5 Å². The van der Waals surface area contributed by atoms with Gasteiger partial charge in [0.25, 0.3) is 0 Å². The standard InChI is InChI=1S/C46H63N3O11/c1-4-24-57-46-40(49(3)45(53)56-27-26-54-31-32-15-7-6-8-16-32)30-38(48-60-41-19-11-14-25-55-41)36-28-33(17-9-12-22-50)35(18-10-13-23-51)42(43(36)46)37-29-34(20-21-39(37)59-46)58-44(52)47-5-2/h4,6-8,15-16,20-21,28-29,33,35,40-43,50-51H,1,5,9-14,17-19,22-27,30-31H2,2-3H3,(H,47,52)/t33-,35+,40-,41?,42+,43+,46+/m0/s1. The molecule has 6 rings (SSSR count). The second kappa shape index (κ2) is 22.4. The minimum atomic E-state index is -1.46. The van der Waals surface area contributed by atoms with Gasteiger partial charge < -0.3 is 53.7 Å². The van der Waals surface area contributed by atoms with Crippen LogP contribution in [0, 0.1) is 17.8 Å². The summed E-state index contributed by atoms with van der Waals surface area (Å²) in [5.74, 6) is -1.34. The Kier molecular flexibility index (Phi) is 16.8.